The van der Waals surface area contributed by atoms with Crippen molar-refractivity contribution in [3.63, 3.8) is 0 Å². The number of halogens is 1. The number of nitrogens with one attached hydrogen (secondary N) is 1. The average Bonchev–Trinajstić information content (AvgIpc) is 2.78. The summed E-state index contributed by atoms with van der Waals surface area (Å²) in [5.41, 5.74) is 2.52. The lowest BCUT2D eigenvalue weighted by Crippen LogP contribution is -2.52. The first-order valence-corrected chi connectivity index (χ1v) is 12.4. The summed E-state index contributed by atoms with van der Waals surface area (Å²) >= 11 is 0. The first kappa shape index (κ1) is 27.3. The van der Waals surface area contributed by atoms with E-state index in [-0.39, 0.29) is 12.5 Å². The Hall–Kier alpha value is -2.98. The number of anilines is 1. The zero-order valence-corrected chi connectivity index (χ0v) is 21.3. The Morgan fingerprint density at radius 3 is 2.24 bits per heavy atom. The molecule has 8 nitrogen and oxygen atoms in total. The summed E-state index contributed by atoms with van der Waals surface area (Å²) in [6.45, 7) is 6.84. The van der Waals surface area contributed by atoms with Crippen LogP contribution in [0.3, 0.4) is 0 Å². The van der Waals surface area contributed by atoms with Crippen LogP contribution in [0.15, 0.2) is 42.5 Å². The summed E-state index contributed by atoms with van der Waals surface area (Å²) in [5, 5.41) is 2.69. The Morgan fingerprint density at radius 2 is 1.68 bits per heavy atom. The van der Waals surface area contributed by atoms with E-state index < -0.39 is 34.5 Å². The molecule has 2 aromatic carbocycles. The average molecular weight is 493 g/mol. The van der Waals surface area contributed by atoms with Crippen LogP contribution < -0.4 is 9.62 Å². The second-order valence-electron chi connectivity index (χ2n) is 8.31. The number of carbonyl (C=O) groups is 2. The number of hydrogen-bond donors (Lipinski definition) is 1. The van der Waals surface area contributed by atoms with Gasteiger partial charge in [0.2, 0.25) is 11.8 Å². The van der Waals surface area contributed by atoms with Gasteiger partial charge < -0.3 is 10.2 Å². The number of amides is 2. The van der Waals surface area contributed by atoms with Gasteiger partial charge in [-0.2, -0.15) is 12.7 Å². The highest BCUT2D eigenvalue weighted by Crippen LogP contribution is 2.26. The molecule has 0 aliphatic carbocycles. The maximum Gasteiger partial charge on any atom is 0.304 e. The number of carbonyl (C=O) groups excluding carboxylic acids is 2. The molecule has 186 valence electrons. The fraction of sp³-hybridized carbons (Fsp3) is 0.417. The molecule has 2 aromatic rings. The molecule has 0 aliphatic heterocycles. The highest BCUT2D eigenvalue weighted by Gasteiger charge is 2.33. The number of benzene rings is 2. The van der Waals surface area contributed by atoms with Crippen molar-refractivity contribution in [2.75, 3.05) is 31.5 Å². The second-order valence-corrected chi connectivity index (χ2v) is 10.4. The Kier molecular flexibility index (Phi) is 9.17. The maximum absolute atomic E-state index is 13.6. The second kappa shape index (κ2) is 11.4. The molecule has 0 radical (unpaired) electrons. The molecule has 1 atom stereocenters. The van der Waals surface area contributed by atoms with E-state index >= 15 is 0 Å². The Morgan fingerprint density at radius 1 is 1.06 bits per heavy atom. The zero-order chi connectivity index (χ0) is 25.6. The fourth-order valence-electron chi connectivity index (χ4n) is 3.38. The summed E-state index contributed by atoms with van der Waals surface area (Å²) in [6, 6.07) is 10.1. The number of likely N-dealkylation sites (N-methyl/N-ethyl adjacent to an activating group) is 1. The SMILES string of the molecule is CCNC(=O)C(C)N(Cc1ccc(F)cc1)C(=O)CN(c1cc(C)ccc1C)S(=O)(=O)N(C)C. The van der Waals surface area contributed by atoms with Gasteiger partial charge in [-0.1, -0.05) is 24.3 Å². The largest absolute Gasteiger partial charge is 0.355 e. The summed E-state index contributed by atoms with van der Waals surface area (Å²) in [7, 11) is -1.24. The Bertz CT molecular complexity index is 1120. The minimum Gasteiger partial charge on any atom is -0.355 e. The van der Waals surface area contributed by atoms with E-state index in [0.717, 1.165) is 14.2 Å². The molecule has 2 amide bonds. The summed E-state index contributed by atoms with van der Waals surface area (Å²) in [6.07, 6.45) is 0. The summed E-state index contributed by atoms with van der Waals surface area (Å²) < 4.78 is 41.9. The lowest BCUT2D eigenvalue weighted by atomic mass is 10.1. The highest BCUT2D eigenvalue weighted by atomic mass is 32.2. The van der Waals surface area contributed by atoms with Gasteiger partial charge in [-0.15, -0.1) is 0 Å². The molecular weight excluding hydrogens is 459 g/mol. The topological polar surface area (TPSA) is 90.0 Å². The molecule has 0 saturated heterocycles. The zero-order valence-electron chi connectivity index (χ0n) is 20.5. The molecule has 2 rings (SSSR count). The van der Waals surface area contributed by atoms with E-state index in [1.165, 1.54) is 43.3 Å². The van der Waals surface area contributed by atoms with Gasteiger partial charge in [0.25, 0.3) is 0 Å². The van der Waals surface area contributed by atoms with E-state index in [2.05, 4.69) is 5.32 Å². The van der Waals surface area contributed by atoms with E-state index in [1.54, 1.807) is 32.9 Å². The van der Waals surface area contributed by atoms with Crippen molar-refractivity contribution in [2.24, 2.45) is 0 Å². The van der Waals surface area contributed by atoms with Gasteiger partial charge in [-0.05, 0) is 62.6 Å². The van der Waals surface area contributed by atoms with Crippen molar-refractivity contribution in [1.29, 1.82) is 0 Å². The number of hydrogen-bond acceptors (Lipinski definition) is 4. The predicted molar refractivity (Wildman–Crippen MR) is 131 cm³/mol. The molecule has 0 aliphatic rings. The van der Waals surface area contributed by atoms with Crippen LogP contribution in [-0.4, -0.2) is 62.7 Å². The molecule has 34 heavy (non-hydrogen) atoms. The van der Waals surface area contributed by atoms with Crippen LogP contribution in [-0.2, 0) is 26.3 Å². The number of aryl methyl sites for hydroxylation is 2. The molecule has 10 heteroatoms. The molecule has 0 fully saturated rings. The molecule has 0 heterocycles. The van der Waals surface area contributed by atoms with Gasteiger partial charge in [0, 0.05) is 27.2 Å². The number of nitrogens with zero attached hydrogens (tertiary/aromatic N) is 3. The van der Waals surface area contributed by atoms with Gasteiger partial charge in [0.15, 0.2) is 0 Å². The van der Waals surface area contributed by atoms with Gasteiger partial charge in [0.05, 0.1) is 5.69 Å². The van der Waals surface area contributed by atoms with Crippen molar-refractivity contribution in [1.82, 2.24) is 14.5 Å². The maximum atomic E-state index is 13.6. The smallest absolute Gasteiger partial charge is 0.304 e. The van der Waals surface area contributed by atoms with Crippen molar-refractivity contribution >= 4 is 27.7 Å². The Labute approximate surface area is 201 Å². The molecular formula is C24H33FN4O4S. The van der Waals surface area contributed by atoms with Crippen LogP contribution in [0.5, 0.6) is 0 Å². The van der Waals surface area contributed by atoms with Crippen LogP contribution in [0.1, 0.15) is 30.5 Å². The lowest BCUT2D eigenvalue weighted by molar-refractivity contribution is -0.139. The molecule has 0 bridgehead atoms. The van der Waals surface area contributed by atoms with Crippen molar-refractivity contribution in [3.05, 3.63) is 65.0 Å². The van der Waals surface area contributed by atoms with Gasteiger partial charge in [0.1, 0.15) is 18.4 Å². The van der Waals surface area contributed by atoms with Gasteiger partial charge >= 0.3 is 10.2 Å². The lowest BCUT2D eigenvalue weighted by Gasteiger charge is -2.33. The molecule has 0 aromatic heterocycles. The summed E-state index contributed by atoms with van der Waals surface area (Å²) in [5.74, 6) is -1.35. The van der Waals surface area contributed by atoms with Gasteiger partial charge in [-0.3, -0.25) is 9.59 Å². The normalized spacial score (nSPS) is 12.4. The fourth-order valence-corrected chi connectivity index (χ4v) is 4.49. The first-order valence-electron chi connectivity index (χ1n) is 11.0. The third kappa shape index (κ3) is 6.54. The quantitative estimate of drug-likeness (QED) is 0.552. The van der Waals surface area contributed by atoms with Crippen LogP contribution >= 0.6 is 0 Å². The minimum atomic E-state index is -4.03. The third-order valence-corrected chi connectivity index (χ3v) is 7.24. The van der Waals surface area contributed by atoms with Crippen LogP contribution in [0.4, 0.5) is 10.1 Å². The standard InChI is InChI=1S/C24H33FN4O4S/c1-7-26-24(31)19(4)28(15-20-10-12-21(25)13-11-20)23(30)16-29(34(32,33)27(5)6)22-14-17(2)8-9-18(22)3/h8-14,19H,7,15-16H2,1-6H3,(H,26,31). The number of rotatable bonds is 10. The third-order valence-electron chi connectivity index (χ3n) is 5.44. The van der Waals surface area contributed by atoms with Crippen molar-refractivity contribution < 1.29 is 22.4 Å². The van der Waals surface area contributed by atoms with Gasteiger partial charge in [-0.25, -0.2) is 8.70 Å². The Balaban J connectivity index is 2.49. The minimum absolute atomic E-state index is 0.0140. The van der Waals surface area contributed by atoms with Crippen LogP contribution in [0.2, 0.25) is 0 Å². The van der Waals surface area contributed by atoms with Crippen molar-refractivity contribution in [3.8, 4) is 0 Å². The van der Waals surface area contributed by atoms with E-state index in [9.17, 15) is 22.4 Å². The van der Waals surface area contributed by atoms with Crippen LogP contribution in [0, 0.1) is 19.7 Å². The van der Waals surface area contributed by atoms with Crippen molar-refractivity contribution in [2.45, 2.75) is 40.3 Å². The first-order chi connectivity index (χ1) is 15.9. The molecule has 1 unspecified atom stereocenters. The summed E-state index contributed by atoms with van der Waals surface area (Å²) in [4.78, 5) is 27.5. The molecule has 0 spiro atoms. The predicted octanol–water partition coefficient (Wildman–Crippen LogP) is 2.61. The van der Waals surface area contributed by atoms with E-state index in [4.69, 9.17) is 0 Å². The monoisotopic (exact) mass is 492 g/mol. The van der Waals surface area contributed by atoms with E-state index in [1.807, 2.05) is 13.0 Å². The van der Waals surface area contributed by atoms with E-state index in [0.29, 0.717) is 23.4 Å². The van der Waals surface area contributed by atoms with Crippen LogP contribution in [0.25, 0.3) is 0 Å². The molecule has 0 saturated carbocycles. The molecule has 1 N–H and O–H groups in total. The highest BCUT2D eigenvalue weighted by molar-refractivity contribution is 7.90.